The van der Waals surface area contributed by atoms with Crippen LogP contribution in [0.1, 0.15) is 6.92 Å². The zero-order chi connectivity index (χ0) is 22.7. The minimum Gasteiger partial charge on any atom is -0.451 e. The van der Waals surface area contributed by atoms with Crippen molar-refractivity contribution in [1.29, 1.82) is 0 Å². The second-order valence-corrected chi connectivity index (χ2v) is 7.36. The number of amides is 1. The number of hydrogen-bond donors (Lipinski definition) is 1. The molecule has 3 aromatic rings. The number of ether oxygens (including phenoxy) is 1. The van der Waals surface area contributed by atoms with Gasteiger partial charge in [-0.1, -0.05) is 12.1 Å². The van der Waals surface area contributed by atoms with E-state index in [1.54, 1.807) is 47.6 Å². The Morgan fingerprint density at radius 3 is 2.47 bits per heavy atom. The van der Waals surface area contributed by atoms with E-state index >= 15 is 0 Å². The molecule has 11 nitrogen and oxygen atoms in total. The first-order chi connectivity index (χ1) is 15.4. The van der Waals surface area contributed by atoms with Crippen molar-refractivity contribution in [1.82, 2.24) is 24.4 Å². The molecule has 0 spiro atoms. The topological polar surface area (TPSA) is 130 Å². The van der Waals surface area contributed by atoms with Gasteiger partial charge in [0, 0.05) is 38.6 Å². The molecule has 1 atom stereocenters. The number of para-hydroxylation sites is 1. The fraction of sp³-hybridized carbons (Fsp3) is 0.333. The fourth-order valence-corrected chi connectivity index (χ4v) is 3.65. The first kappa shape index (κ1) is 21.2. The van der Waals surface area contributed by atoms with Gasteiger partial charge in [-0.15, -0.1) is 0 Å². The first-order valence-electron chi connectivity index (χ1n) is 10.2. The van der Waals surface area contributed by atoms with E-state index in [1.807, 2.05) is 4.90 Å². The molecule has 1 N–H and O–H groups in total. The number of hydrogen-bond acceptors (Lipinski definition) is 8. The Morgan fingerprint density at radius 1 is 1.06 bits per heavy atom. The van der Waals surface area contributed by atoms with Gasteiger partial charge in [-0.25, -0.2) is 14.8 Å². The molecule has 2 aromatic heterocycles. The number of carbonyl (C=O) groups is 2. The average molecular weight is 438 g/mol. The zero-order valence-electron chi connectivity index (χ0n) is 17.4. The lowest BCUT2D eigenvalue weighted by Gasteiger charge is -2.35. The lowest BCUT2D eigenvalue weighted by atomic mass is 10.2. The Morgan fingerprint density at radius 2 is 1.75 bits per heavy atom. The summed E-state index contributed by atoms with van der Waals surface area (Å²) >= 11 is 0. The van der Waals surface area contributed by atoms with Gasteiger partial charge < -0.3 is 14.5 Å². The van der Waals surface area contributed by atoms with Crippen molar-refractivity contribution in [3.05, 3.63) is 63.6 Å². The summed E-state index contributed by atoms with van der Waals surface area (Å²) in [7, 11) is 0. The molecule has 0 saturated carbocycles. The van der Waals surface area contributed by atoms with E-state index < -0.39 is 29.9 Å². The van der Waals surface area contributed by atoms with E-state index in [4.69, 9.17) is 4.74 Å². The van der Waals surface area contributed by atoms with E-state index in [9.17, 15) is 19.2 Å². The molecule has 3 heterocycles. The van der Waals surface area contributed by atoms with Gasteiger partial charge >= 0.3 is 11.7 Å². The maximum absolute atomic E-state index is 12.7. The first-order valence-corrected chi connectivity index (χ1v) is 10.2. The summed E-state index contributed by atoms with van der Waals surface area (Å²) in [5, 5.41) is 0.282. The Hall–Kier alpha value is -4.02. The highest BCUT2D eigenvalue weighted by Crippen LogP contribution is 2.12. The van der Waals surface area contributed by atoms with E-state index in [0.29, 0.717) is 37.6 Å². The fourth-order valence-electron chi connectivity index (χ4n) is 3.65. The summed E-state index contributed by atoms with van der Waals surface area (Å²) in [6, 6.07) is 8.19. The van der Waals surface area contributed by atoms with Crippen LogP contribution in [-0.4, -0.2) is 68.6 Å². The Balaban J connectivity index is 1.37. The molecule has 1 aromatic carbocycles. The van der Waals surface area contributed by atoms with Gasteiger partial charge in [0.15, 0.2) is 6.10 Å². The predicted octanol–water partition coefficient (Wildman–Crippen LogP) is -0.240. The summed E-state index contributed by atoms with van der Waals surface area (Å²) in [5.74, 6) is -0.454. The second kappa shape index (κ2) is 9.00. The highest BCUT2D eigenvalue weighted by molar-refractivity contribution is 5.84. The molecule has 11 heteroatoms. The van der Waals surface area contributed by atoms with Crippen LogP contribution in [0.3, 0.4) is 0 Å². The van der Waals surface area contributed by atoms with Gasteiger partial charge in [-0.05, 0) is 25.1 Å². The van der Waals surface area contributed by atoms with Crippen molar-refractivity contribution in [2.75, 3.05) is 31.1 Å². The van der Waals surface area contributed by atoms with Crippen molar-refractivity contribution >= 4 is 28.7 Å². The summed E-state index contributed by atoms with van der Waals surface area (Å²) < 4.78 is 6.41. The largest absolute Gasteiger partial charge is 0.451 e. The third kappa shape index (κ3) is 4.36. The quantitative estimate of drug-likeness (QED) is 0.540. The molecular weight excluding hydrogens is 416 g/mol. The highest BCUT2D eigenvalue weighted by Gasteiger charge is 2.28. The van der Waals surface area contributed by atoms with Gasteiger partial charge in [0.2, 0.25) is 5.95 Å². The number of esters is 1. The van der Waals surface area contributed by atoms with Gasteiger partial charge in [0.05, 0.1) is 10.9 Å². The maximum atomic E-state index is 12.7. The second-order valence-electron chi connectivity index (χ2n) is 7.36. The summed E-state index contributed by atoms with van der Waals surface area (Å²) in [5.41, 5.74) is -0.931. The van der Waals surface area contributed by atoms with Crippen LogP contribution >= 0.6 is 0 Å². The number of aromatic amines is 1. The van der Waals surface area contributed by atoms with Crippen molar-refractivity contribution in [2.45, 2.75) is 19.6 Å². The van der Waals surface area contributed by atoms with E-state index in [-0.39, 0.29) is 11.3 Å². The number of fused-ring (bicyclic) bond motifs is 1. The van der Waals surface area contributed by atoms with E-state index in [2.05, 4.69) is 15.0 Å². The molecule has 1 amide bonds. The smallest absolute Gasteiger partial charge is 0.329 e. The van der Waals surface area contributed by atoms with Crippen LogP contribution < -0.4 is 16.1 Å². The van der Waals surface area contributed by atoms with Crippen LogP contribution in [0.15, 0.2) is 52.3 Å². The van der Waals surface area contributed by atoms with Crippen LogP contribution in [0.5, 0.6) is 0 Å². The molecule has 0 bridgehead atoms. The molecular formula is C21H22N6O5. The monoisotopic (exact) mass is 438 g/mol. The Labute approximate surface area is 182 Å². The third-order valence-corrected chi connectivity index (χ3v) is 5.27. The van der Waals surface area contributed by atoms with Gasteiger partial charge in [0.1, 0.15) is 6.54 Å². The minimum absolute atomic E-state index is 0.282. The molecule has 0 radical (unpaired) electrons. The Kier molecular flexibility index (Phi) is 5.97. The molecule has 166 valence electrons. The van der Waals surface area contributed by atoms with Crippen LogP contribution in [0.25, 0.3) is 10.9 Å². The number of nitrogens with zero attached hydrogens (tertiary/aromatic N) is 5. The number of aromatic nitrogens is 4. The van der Waals surface area contributed by atoms with E-state index in [1.165, 1.54) is 6.92 Å². The van der Waals surface area contributed by atoms with Crippen molar-refractivity contribution < 1.29 is 14.3 Å². The number of benzene rings is 1. The van der Waals surface area contributed by atoms with E-state index in [0.717, 1.165) is 4.57 Å². The maximum Gasteiger partial charge on any atom is 0.329 e. The van der Waals surface area contributed by atoms with Gasteiger partial charge in [0.25, 0.3) is 11.5 Å². The summed E-state index contributed by atoms with van der Waals surface area (Å²) in [4.78, 5) is 63.6. The van der Waals surface area contributed by atoms with Crippen molar-refractivity contribution in [3.63, 3.8) is 0 Å². The van der Waals surface area contributed by atoms with Crippen LogP contribution in [-0.2, 0) is 20.9 Å². The Bertz CT molecular complexity index is 1250. The lowest BCUT2D eigenvalue weighted by Crippen LogP contribution is -2.52. The molecule has 1 saturated heterocycles. The van der Waals surface area contributed by atoms with Crippen LogP contribution in [0, 0.1) is 0 Å². The number of carbonyl (C=O) groups excluding carboxylic acids is 2. The number of nitrogens with one attached hydrogen (secondary N) is 1. The predicted molar refractivity (Wildman–Crippen MR) is 115 cm³/mol. The average Bonchev–Trinajstić information content (AvgIpc) is 2.82. The van der Waals surface area contributed by atoms with Crippen LogP contribution in [0.4, 0.5) is 5.95 Å². The number of H-pyrrole nitrogens is 1. The summed E-state index contributed by atoms with van der Waals surface area (Å²) in [6.07, 6.45) is 2.32. The molecule has 1 unspecified atom stereocenters. The highest BCUT2D eigenvalue weighted by atomic mass is 16.5. The molecule has 1 fully saturated rings. The van der Waals surface area contributed by atoms with Gasteiger partial charge in [-0.3, -0.25) is 23.9 Å². The molecule has 0 aliphatic carbocycles. The SMILES string of the molecule is CC(OC(=O)Cn1c(=O)[nH]c(=O)c2ccccc21)C(=O)N1CCN(c2ncccn2)CC1. The normalized spacial score (nSPS) is 14.9. The van der Waals surface area contributed by atoms with Crippen LogP contribution in [0.2, 0.25) is 0 Å². The molecule has 32 heavy (non-hydrogen) atoms. The number of rotatable bonds is 5. The molecule has 4 rings (SSSR count). The molecule has 1 aliphatic heterocycles. The third-order valence-electron chi connectivity index (χ3n) is 5.27. The lowest BCUT2D eigenvalue weighted by molar-refractivity contribution is -0.159. The standard InChI is InChI=1S/C21H22N6O5/c1-14(19(30)25-9-11-26(12-10-25)20-22-7-4-8-23-20)32-17(28)13-27-16-6-3-2-5-15(16)18(29)24-21(27)31/h2-8,14H,9-13H2,1H3,(H,24,29,31). The van der Waals surface area contributed by atoms with Crippen molar-refractivity contribution in [3.8, 4) is 0 Å². The number of anilines is 1. The number of piperazine rings is 1. The zero-order valence-corrected chi connectivity index (χ0v) is 17.4. The minimum atomic E-state index is -1.01. The molecule has 1 aliphatic rings. The van der Waals surface area contributed by atoms with Crippen molar-refractivity contribution in [2.24, 2.45) is 0 Å². The van der Waals surface area contributed by atoms with Gasteiger partial charge in [-0.2, -0.15) is 0 Å². The summed E-state index contributed by atoms with van der Waals surface area (Å²) in [6.45, 7) is 3.10.